The van der Waals surface area contributed by atoms with Gasteiger partial charge in [-0.2, -0.15) is 0 Å². The van der Waals surface area contributed by atoms with Crippen LogP contribution in [0.25, 0.3) is 0 Å². The first kappa shape index (κ1) is 30.2. The van der Waals surface area contributed by atoms with Gasteiger partial charge in [-0.3, -0.25) is 9.59 Å². The van der Waals surface area contributed by atoms with E-state index in [0.29, 0.717) is 0 Å². The normalized spacial score (nSPS) is 15.5. The second-order valence-corrected chi connectivity index (χ2v) is 10.8. The fraction of sp³-hybridized carbons (Fsp3) is 0.773. The minimum absolute atomic E-state index is 0.134. The van der Waals surface area contributed by atoms with Crippen LogP contribution in [0.15, 0.2) is 11.1 Å². The van der Waals surface area contributed by atoms with Crippen LogP contribution >= 0.6 is 11.8 Å². The number of nitrogens with zero attached hydrogens (tertiary/aromatic N) is 1. The minimum atomic E-state index is -1.27. The van der Waals surface area contributed by atoms with Crippen LogP contribution in [0.2, 0.25) is 0 Å². The van der Waals surface area contributed by atoms with Crippen LogP contribution in [0.5, 0.6) is 0 Å². The third-order valence-corrected chi connectivity index (χ3v) is 6.45. The van der Waals surface area contributed by atoms with Crippen LogP contribution < -0.4 is 17.3 Å². The van der Waals surface area contributed by atoms with Gasteiger partial charge >= 0.3 is 12.1 Å². The highest BCUT2D eigenvalue weighted by molar-refractivity contribution is 8.02. The fourth-order valence-electron chi connectivity index (χ4n) is 2.38. The molecule has 6 N–H and O–H groups in total. The number of Topliss-reactive ketones (excluding diaryl/α,β-unsaturated/α-hetero) is 1. The van der Waals surface area contributed by atoms with Gasteiger partial charge in [-0.25, -0.2) is 15.6 Å². The van der Waals surface area contributed by atoms with Crippen molar-refractivity contribution >= 4 is 29.6 Å². The van der Waals surface area contributed by atoms with E-state index < -0.39 is 34.5 Å². The Labute approximate surface area is 196 Å². The first-order chi connectivity index (χ1) is 14.5. The zero-order chi connectivity index (χ0) is 25.3. The van der Waals surface area contributed by atoms with Gasteiger partial charge in [0.25, 0.3) is 0 Å². The maximum absolute atomic E-state index is 12.7. The molecule has 10 heteroatoms. The predicted molar refractivity (Wildman–Crippen MR) is 128 cm³/mol. The number of hydrogen-bond acceptors (Lipinski definition) is 9. The molecule has 0 aromatic rings. The lowest BCUT2D eigenvalue weighted by molar-refractivity contribution is -0.160. The molecule has 0 aromatic carbocycles. The van der Waals surface area contributed by atoms with Gasteiger partial charge < -0.3 is 20.9 Å². The van der Waals surface area contributed by atoms with E-state index in [2.05, 4.69) is 6.92 Å². The lowest BCUT2D eigenvalue weighted by Crippen LogP contribution is -2.57. The number of rotatable bonds is 12. The van der Waals surface area contributed by atoms with Gasteiger partial charge in [0, 0.05) is 18.2 Å². The van der Waals surface area contributed by atoms with Crippen molar-refractivity contribution in [2.45, 2.75) is 79.4 Å². The van der Waals surface area contributed by atoms with Gasteiger partial charge in [-0.15, -0.1) is 11.8 Å². The second kappa shape index (κ2) is 12.5. The number of carbonyl (C=O) groups is 3. The van der Waals surface area contributed by atoms with E-state index in [4.69, 9.17) is 26.8 Å². The number of nitrogens with two attached hydrogens (primary N) is 3. The summed E-state index contributed by atoms with van der Waals surface area (Å²) in [6.07, 6.45) is 1.09. The molecule has 0 radical (unpaired) electrons. The molecule has 0 aliphatic carbocycles. The number of thioether (sulfide) groups is 1. The van der Waals surface area contributed by atoms with E-state index in [1.54, 1.807) is 12.3 Å². The molecule has 1 amide bonds. The SMILES string of the molecule is CCCCC(C)(C)C(=O)/C(N)=C/SCC(COC(=O)N(C)N)OC(=O)C(C)(N)C(C)(C)C. The number of carbonyl (C=O) groups excluding carboxylic acids is 3. The Balaban J connectivity index is 5.29. The maximum atomic E-state index is 12.7. The molecule has 9 nitrogen and oxygen atoms in total. The molecule has 186 valence electrons. The summed E-state index contributed by atoms with van der Waals surface area (Å²) in [5.74, 6) is 4.81. The number of allylic oxidation sites excluding steroid dienone is 1. The number of hydrogen-bond donors (Lipinski definition) is 3. The first-order valence-electron chi connectivity index (χ1n) is 10.7. The summed E-state index contributed by atoms with van der Waals surface area (Å²) in [5.41, 5.74) is 9.96. The molecule has 0 heterocycles. The third-order valence-electron chi connectivity index (χ3n) is 5.46. The molecule has 0 aliphatic heterocycles. The summed E-state index contributed by atoms with van der Waals surface area (Å²) < 4.78 is 10.6. The number of amides is 1. The standard InChI is InChI=1S/C22H42N4O5S/c1-9-10-11-21(5,6)17(27)16(23)14-32-13-15(12-30-19(29)26(8)25)31-18(28)22(7,24)20(2,3)4/h14-15H,9-13,23-25H2,1-8H3/b16-14-. The van der Waals surface area contributed by atoms with E-state index in [9.17, 15) is 14.4 Å². The number of hydrazine groups is 1. The first-order valence-corrected chi connectivity index (χ1v) is 11.8. The van der Waals surface area contributed by atoms with E-state index >= 15 is 0 Å². The fourth-order valence-corrected chi connectivity index (χ4v) is 3.15. The molecule has 0 bridgehead atoms. The Hall–Kier alpha value is -1.78. The highest BCUT2D eigenvalue weighted by Crippen LogP contribution is 2.30. The summed E-state index contributed by atoms with van der Waals surface area (Å²) in [6, 6.07) is 0. The number of ether oxygens (including phenoxy) is 2. The molecular weight excluding hydrogens is 432 g/mol. The molecule has 0 saturated heterocycles. The molecule has 0 fully saturated rings. The summed E-state index contributed by atoms with van der Waals surface area (Å²) in [5, 5.41) is 2.32. The highest BCUT2D eigenvalue weighted by Gasteiger charge is 2.43. The number of esters is 1. The molecular formula is C22H42N4O5S. The minimum Gasteiger partial charge on any atom is -0.456 e. The lowest BCUT2D eigenvalue weighted by Gasteiger charge is -2.36. The number of unbranched alkanes of at least 4 members (excludes halogenated alkanes) is 1. The quantitative estimate of drug-likeness (QED) is 0.127. The van der Waals surface area contributed by atoms with E-state index in [1.807, 2.05) is 34.6 Å². The van der Waals surface area contributed by atoms with Crippen molar-refractivity contribution < 1.29 is 23.9 Å². The van der Waals surface area contributed by atoms with Crippen molar-refractivity contribution in [1.82, 2.24) is 5.01 Å². The van der Waals surface area contributed by atoms with Crippen LogP contribution in [0.3, 0.4) is 0 Å². The van der Waals surface area contributed by atoms with Crippen LogP contribution in [-0.2, 0) is 19.1 Å². The van der Waals surface area contributed by atoms with Gasteiger partial charge in [0.05, 0.1) is 5.70 Å². The van der Waals surface area contributed by atoms with Gasteiger partial charge in [-0.05, 0) is 24.2 Å². The van der Waals surface area contributed by atoms with Gasteiger partial charge in [0.1, 0.15) is 18.2 Å². The van der Waals surface area contributed by atoms with Crippen LogP contribution in [0, 0.1) is 10.8 Å². The van der Waals surface area contributed by atoms with Crippen molar-refractivity contribution in [1.29, 1.82) is 0 Å². The Morgan fingerprint density at radius 2 is 1.69 bits per heavy atom. The molecule has 0 saturated carbocycles. The summed E-state index contributed by atoms with van der Waals surface area (Å²) >= 11 is 1.20. The molecule has 0 aliphatic rings. The summed E-state index contributed by atoms with van der Waals surface area (Å²) in [6.45, 7) is 12.7. The Bertz CT molecular complexity index is 684. The van der Waals surface area contributed by atoms with Gasteiger partial charge in [0.2, 0.25) is 0 Å². The zero-order valence-electron chi connectivity index (χ0n) is 20.8. The van der Waals surface area contributed by atoms with E-state index in [1.165, 1.54) is 18.8 Å². The van der Waals surface area contributed by atoms with Crippen LogP contribution in [0.1, 0.15) is 67.7 Å². The molecule has 0 spiro atoms. The van der Waals surface area contributed by atoms with E-state index in [-0.39, 0.29) is 23.8 Å². The average Bonchev–Trinajstić information content (AvgIpc) is 2.67. The predicted octanol–water partition coefficient (Wildman–Crippen LogP) is 2.92. The second-order valence-electron chi connectivity index (χ2n) is 9.89. The van der Waals surface area contributed by atoms with Crippen molar-refractivity contribution in [2.75, 3.05) is 19.4 Å². The van der Waals surface area contributed by atoms with E-state index in [0.717, 1.165) is 24.3 Å². The molecule has 32 heavy (non-hydrogen) atoms. The van der Waals surface area contributed by atoms with Gasteiger partial charge in [0.15, 0.2) is 5.78 Å². The van der Waals surface area contributed by atoms with Crippen molar-refractivity contribution in [2.24, 2.45) is 28.1 Å². The molecule has 0 aromatic heterocycles. The number of ketones is 1. The van der Waals surface area contributed by atoms with Crippen LogP contribution in [0.4, 0.5) is 4.79 Å². The summed E-state index contributed by atoms with van der Waals surface area (Å²) in [7, 11) is 1.34. The van der Waals surface area contributed by atoms with Crippen molar-refractivity contribution in [3.63, 3.8) is 0 Å². The highest BCUT2D eigenvalue weighted by atomic mass is 32.2. The summed E-state index contributed by atoms with van der Waals surface area (Å²) in [4.78, 5) is 37.1. The lowest BCUT2D eigenvalue weighted by atomic mass is 9.76. The smallest absolute Gasteiger partial charge is 0.423 e. The van der Waals surface area contributed by atoms with Crippen LogP contribution in [-0.4, -0.2) is 53.9 Å². The van der Waals surface area contributed by atoms with Crippen molar-refractivity contribution in [3.8, 4) is 0 Å². The van der Waals surface area contributed by atoms with Gasteiger partial charge in [-0.1, -0.05) is 54.4 Å². The zero-order valence-corrected chi connectivity index (χ0v) is 21.6. The largest absolute Gasteiger partial charge is 0.456 e. The molecule has 2 unspecified atom stereocenters. The maximum Gasteiger partial charge on any atom is 0.423 e. The average molecular weight is 475 g/mol. The van der Waals surface area contributed by atoms with Crippen molar-refractivity contribution in [3.05, 3.63) is 11.1 Å². The Morgan fingerprint density at radius 3 is 2.16 bits per heavy atom. The third kappa shape index (κ3) is 9.38. The topological polar surface area (TPSA) is 151 Å². The molecule has 2 atom stereocenters. The monoisotopic (exact) mass is 474 g/mol. The Kier molecular flexibility index (Phi) is 11.8. The molecule has 0 rings (SSSR count). The Morgan fingerprint density at radius 1 is 1.12 bits per heavy atom.